The van der Waals surface area contributed by atoms with Gasteiger partial charge in [-0.3, -0.25) is 9.59 Å². The average molecular weight is 776 g/mol. The van der Waals surface area contributed by atoms with Gasteiger partial charge in [-0.1, -0.05) is 212 Å². The predicted octanol–water partition coefficient (Wildman–Crippen LogP) is 14.0. The molecular formula is C49H93NO5. The van der Waals surface area contributed by atoms with E-state index in [0.29, 0.717) is 19.3 Å². The number of aliphatic hydroxyl groups excluding tert-OH is 2. The molecule has 3 N–H and O–H groups in total. The van der Waals surface area contributed by atoms with E-state index < -0.39 is 18.2 Å². The van der Waals surface area contributed by atoms with Gasteiger partial charge in [0.15, 0.2) is 0 Å². The largest absolute Gasteiger partial charge is 0.462 e. The van der Waals surface area contributed by atoms with E-state index in [1.54, 1.807) is 0 Å². The Kier molecular flexibility index (Phi) is 42.2. The van der Waals surface area contributed by atoms with E-state index in [9.17, 15) is 19.8 Å². The lowest BCUT2D eigenvalue weighted by atomic mass is 10.0. The highest BCUT2D eigenvalue weighted by molar-refractivity contribution is 5.77. The number of nitrogens with one attached hydrogen (secondary N) is 1. The second kappa shape index (κ2) is 43.5. The van der Waals surface area contributed by atoms with E-state index in [1.807, 2.05) is 0 Å². The number of esters is 1. The summed E-state index contributed by atoms with van der Waals surface area (Å²) in [5.41, 5.74) is 0. The molecule has 0 radical (unpaired) electrons. The van der Waals surface area contributed by atoms with Gasteiger partial charge in [-0.05, 0) is 51.4 Å². The van der Waals surface area contributed by atoms with Crippen LogP contribution in [0.25, 0.3) is 0 Å². The molecule has 6 nitrogen and oxygen atoms in total. The maximum Gasteiger partial charge on any atom is 0.306 e. The molecule has 0 saturated heterocycles. The van der Waals surface area contributed by atoms with Crippen molar-refractivity contribution in [3.05, 3.63) is 24.3 Å². The van der Waals surface area contributed by atoms with Crippen LogP contribution in [0.15, 0.2) is 24.3 Å². The first-order valence-electron chi connectivity index (χ1n) is 24.1. The minimum absolute atomic E-state index is 0.0685. The van der Waals surface area contributed by atoms with Crippen LogP contribution < -0.4 is 5.32 Å². The fourth-order valence-electron chi connectivity index (χ4n) is 7.36. The fourth-order valence-corrected chi connectivity index (χ4v) is 7.36. The molecule has 0 spiro atoms. The van der Waals surface area contributed by atoms with Gasteiger partial charge in [0.1, 0.15) is 6.10 Å². The third kappa shape index (κ3) is 39.0. The highest BCUT2D eigenvalue weighted by atomic mass is 16.5. The molecule has 3 atom stereocenters. The molecule has 0 aliphatic heterocycles. The second-order valence-electron chi connectivity index (χ2n) is 16.5. The topological polar surface area (TPSA) is 95.9 Å². The summed E-state index contributed by atoms with van der Waals surface area (Å²) in [4.78, 5) is 26.0. The van der Waals surface area contributed by atoms with E-state index in [-0.39, 0.29) is 24.9 Å². The summed E-state index contributed by atoms with van der Waals surface area (Å²) >= 11 is 0. The van der Waals surface area contributed by atoms with Gasteiger partial charge in [-0.2, -0.15) is 0 Å². The molecule has 0 aromatic heterocycles. The first-order chi connectivity index (χ1) is 27.0. The molecule has 0 saturated carbocycles. The number of unbranched alkanes of at least 4 members (excludes halogenated alkanes) is 28. The predicted molar refractivity (Wildman–Crippen MR) is 236 cm³/mol. The van der Waals surface area contributed by atoms with Crippen LogP contribution in [0.3, 0.4) is 0 Å². The Bertz CT molecular complexity index is 873. The van der Waals surface area contributed by atoms with Gasteiger partial charge >= 0.3 is 5.97 Å². The zero-order chi connectivity index (χ0) is 40.3. The number of amides is 1. The van der Waals surface area contributed by atoms with E-state index >= 15 is 0 Å². The number of hydrogen-bond donors (Lipinski definition) is 3. The lowest BCUT2D eigenvalue weighted by Gasteiger charge is -2.24. The van der Waals surface area contributed by atoms with Crippen molar-refractivity contribution in [2.45, 2.75) is 270 Å². The van der Waals surface area contributed by atoms with Crippen molar-refractivity contribution in [1.29, 1.82) is 0 Å². The summed E-state index contributed by atoms with van der Waals surface area (Å²) in [5, 5.41) is 23.6. The molecule has 0 aliphatic rings. The van der Waals surface area contributed by atoms with Gasteiger partial charge < -0.3 is 20.3 Å². The highest BCUT2D eigenvalue weighted by Crippen LogP contribution is 2.18. The maximum absolute atomic E-state index is 13.1. The van der Waals surface area contributed by atoms with Crippen LogP contribution in [0, 0.1) is 0 Å². The molecule has 55 heavy (non-hydrogen) atoms. The van der Waals surface area contributed by atoms with Crippen LogP contribution in [-0.4, -0.2) is 46.9 Å². The van der Waals surface area contributed by atoms with Crippen molar-refractivity contribution in [3.63, 3.8) is 0 Å². The summed E-state index contributed by atoms with van der Waals surface area (Å²) in [6.45, 7) is 6.43. The van der Waals surface area contributed by atoms with Crippen LogP contribution >= 0.6 is 0 Å². The van der Waals surface area contributed by atoms with Crippen molar-refractivity contribution < 1.29 is 24.5 Å². The Labute approximate surface area is 341 Å². The third-order valence-corrected chi connectivity index (χ3v) is 11.1. The number of carbonyl (C=O) groups is 2. The van der Waals surface area contributed by atoms with Gasteiger partial charge in [-0.25, -0.2) is 0 Å². The molecule has 0 bridgehead atoms. The molecule has 6 heteroatoms. The van der Waals surface area contributed by atoms with Crippen LogP contribution in [0.1, 0.15) is 252 Å². The smallest absolute Gasteiger partial charge is 0.306 e. The van der Waals surface area contributed by atoms with Crippen molar-refractivity contribution in [2.24, 2.45) is 0 Å². The highest BCUT2D eigenvalue weighted by Gasteiger charge is 2.24. The SMILES string of the molecule is CCCCC/C=C/C=C/CCCCCCC(CC(=O)NC(CO)C(O)CCCCCCCCCCC)OC(=O)CCCCCCCCCCCCCCCC. The Balaban J connectivity index is 4.59. The van der Waals surface area contributed by atoms with Gasteiger partial charge in [0, 0.05) is 6.42 Å². The maximum atomic E-state index is 13.1. The standard InChI is InChI=1S/C49H93NO5/c1-4-7-10-13-16-19-21-23-25-27-30-33-36-39-42-49(54)55-45(40-37-34-31-29-26-24-22-20-17-14-11-8-5-2)43-48(53)50-46(44-51)47(52)41-38-35-32-28-18-15-12-9-6-3/h17,20,22,24,45-47,51-52H,4-16,18-19,21,23,25-44H2,1-3H3,(H,50,53)/b20-17+,24-22+. The number of allylic oxidation sites excluding steroid dienone is 4. The van der Waals surface area contributed by atoms with Crippen molar-refractivity contribution >= 4 is 11.9 Å². The van der Waals surface area contributed by atoms with Crippen LogP contribution in [-0.2, 0) is 14.3 Å². The van der Waals surface area contributed by atoms with Gasteiger partial charge in [0.05, 0.1) is 25.2 Å². The molecule has 0 aliphatic carbocycles. The molecule has 1 amide bonds. The summed E-state index contributed by atoms with van der Waals surface area (Å²) in [6, 6.07) is -0.701. The summed E-state index contributed by atoms with van der Waals surface area (Å²) in [6.07, 6.45) is 48.1. The van der Waals surface area contributed by atoms with E-state index in [2.05, 4.69) is 50.4 Å². The summed E-state index contributed by atoms with van der Waals surface area (Å²) < 4.78 is 5.91. The molecule has 0 heterocycles. The zero-order valence-electron chi connectivity index (χ0n) is 36.8. The zero-order valence-corrected chi connectivity index (χ0v) is 36.8. The molecular weight excluding hydrogens is 683 g/mol. The third-order valence-electron chi connectivity index (χ3n) is 11.1. The van der Waals surface area contributed by atoms with Crippen LogP contribution in [0.4, 0.5) is 0 Å². The minimum atomic E-state index is -0.787. The number of ether oxygens (including phenoxy) is 1. The van der Waals surface area contributed by atoms with Crippen molar-refractivity contribution in [2.75, 3.05) is 6.61 Å². The number of aliphatic hydroxyl groups is 2. The Morgan fingerprint density at radius 3 is 1.38 bits per heavy atom. The van der Waals surface area contributed by atoms with E-state index in [1.165, 1.54) is 128 Å². The van der Waals surface area contributed by atoms with Gasteiger partial charge in [-0.15, -0.1) is 0 Å². The monoisotopic (exact) mass is 776 g/mol. The number of rotatable bonds is 43. The van der Waals surface area contributed by atoms with E-state index in [0.717, 1.165) is 77.0 Å². The summed E-state index contributed by atoms with van der Waals surface area (Å²) in [5.74, 6) is -0.485. The van der Waals surface area contributed by atoms with Crippen LogP contribution in [0.2, 0.25) is 0 Å². The quantitative estimate of drug-likeness (QED) is 0.0326. The lowest BCUT2D eigenvalue weighted by Crippen LogP contribution is -2.46. The van der Waals surface area contributed by atoms with Crippen LogP contribution in [0.5, 0.6) is 0 Å². The van der Waals surface area contributed by atoms with Crippen molar-refractivity contribution in [3.8, 4) is 0 Å². The number of carbonyl (C=O) groups excluding carboxylic acids is 2. The second-order valence-corrected chi connectivity index (χ2v) is 16.5. The van der Waals surface area contributed by atoms with E-state index in [4.69, 9.17) is 4.74 Å². The molecule has 324 valence electrons. The fraction of sp³-hybridized carbons (Fsp3) is 0.878. The molecule has 0 fully saturated rings. The molecule has 0 aromatic carbocycles. The molecule has 3 unspecified atom stereocenters. The Morgan fingerprint density at radius 1 is 0.527 bits per heavy atom. The van der Waals surface area contributed by atoms with Gasteiger partial charge in [0.2, 0.25) is 5.91 Å². The summed E-state index contributed by atoms with van der Waals surface area (Å²) in [7, 11) is 0. The molecule has 0 aromatic rings. The lowest BCUT2D eigenvalue weighted by molar-refractivity contribution is -0.151. The van der Waals surface area contributed by atoms with Gasteiger partial charge in [0.25, 0.3) is 0 Å². The normalized spacial score (nSPS) is 13.5. The average Bonchev–Trinajstić information content (AvgIpc) is 3.18. The van der Waals surface area contributed by atoms with Crippen molar-refractivity contribution in [1.82, 2.24) is 5.32 Å². The number of hydrogen-bond acceptors (Lipinski definition) is 5. The first kappa shape index (κ1) is 53.3. The Morgan fingerprint density at radius 2 is 0.909 bits per heavy atom. The first-order valence-corrected chi connectivity index (χ1v) is 24.1. The minimum Gasteiger partial charge on any atom is -0.462 e. The Hall–Kier alpha value is -1.66. The molecule has 0 rings (SSSR count).